The van der Waals surface area contributed by atoms with E-state index in [1.54, 1.807) is 0 Å². The summed E-state index contributed by atoms with van der Waals surface area (Å²) in [5.41, 5.74) is 6.07. The molecule has 4 nitrogen and oxygen atoms in total. The first-order valence-corrected chi connectivity index (χ1v) is 7.06. The smallest absolute Gasteiger partial charge is 0.175 e. The first-order chi connectivity index (χ1) is 9.20. The monoisotopic (exact) mass is 292 g/mol. The van der Waals surface area contributed by atoms with Gasteiger partial charge in [-0.3, -0.25) is 0 Å². The highest BCUT2D eigenvalue weighted by Crippen LogP contribution is 2.34. The van der Waals surface area contributed by atoms with Gasteiger partial charge < -0.3 is 20.2 Å². The molecule has 0 fully saturated rings. The quantitative estimate of drug-likeness (QED) is 0.559. The van der Waals surface area contributed by atoms with E-state index in [2.05, 4.69) is 26.3 Å². The Morgan fingerprint density at radius 3 is 2.37 bits per heavy atom. The van der Waals surface area contributed by atoms with E-state index in [4.69, 9.17) is 23.8 Å². The fraction of sp³-hybridized carbons (Fsp3) is 0.308. The Hall–Kier alpha value is -1.30. The Morgan fingerprint density at radius 1 is 1.05 bits per heavy atom. The molecule has 0 bridgehead atoms. The Labute approximate surface area is 120 Å². The van der Waals surface area contributed by atoms with Gasteiger partial charge in [0.1, 0.15) is 0 Å². The first-order valence-electron chi connectivity index (χ1n) is 6.28. The van der Waals surface area contributed by atoms with Crippen LogP contribution in [0.5, 0.6) is 0 Å². The molecular formula is C13H13ClN4S. The Bertz CT molecular complexity index is 742. The summed E-state index contributed by atoms with van der Waals surface area (Å²) in [5.74, 6) is 0. The molecular weight excluding hydrogens is 280 g/mol. The van der Waals surface area contributed by atoms with Crippen molar-refractivity contribution in [1.29, 1.82) is 0 Å². The number of aromatic amines is 2. The molecule has 2 aliphatic rings. The van der Waals surface area contributed by atoms with Gasteiger partial charge in [0.05, 0.1) is 21.7 Å². The van der Waals surface area contributed by atoms with Gasteiger partial charge in [-0.15, -0.1) is 0 Å². The van der Waals surface area contributed by atoms with E-state index in [1.165, 1.54) is 11.1 Å². The maximum absolute atomic E-state index is 6.41. The predicted molar refractivity (Wildman–Crippen MR) is 80.6 cm³/mol. The predicted octanol–water partition coefficient (Wildman–Crippen LogP) is 2.60. The van der Waals surface area contributed by atoms with Crippen molar-refractivity contribution in [1.82, 2.24) is 15.3 Å². The van der Waals surface area contributed by atoms with Crippen LogP contribution in [0.1, 0.15) is 0 Å². The second kappa shape index (κ2) is 4.10. The van der Waals surface area contributed by atoms with Crippen molar-refractivity contribution in [3.05, 3.63) is 33.1 Å². The normalized spacial score (nSPS) is 18.7. The summed E-state index contributed by atoms with van der Waals surface area (Å²) in [5, 5.41) is 4.16. The number of H-pyrrole nitrogens is 2. The number of benzene rings is 1. The fourth-order valence-electron chi connectivity index (χ4n) is 2.92. The van der Waals surface area contributed by atoms with Crippen LogP contribution in [0.25, 0.3) is 11.0 Å². The standard InChI is InChI=1S/C13H13ClN4S/c14-9-1-10-11(17-13(19)16-10)2-12(9)18-5-7-3-15-4-8(7)6-18/h1-2,15H,3-6H2,(H2,16,17,19). The lowest BCUT2D eigenvalue weighted by molar-refractivity contribution is 0.805. The zero-order valence-electron chi connectivity index (χ0n) is 10.2. The zero-order chi connectivity index (χ0) is 13.0. The van der Waals surface area contributed by atoms with Crippen molar-refractivity contribution in [2.24, 2.45) is 0 Å². The highest BCUT2D eigenvalue weighted by Gasteiger charge is 2.26. The molecule has 0 spiro atoms. The van der Waals surface area contributed by atoms with Gasteiger partial charge >= 0.3 is 0 Å². The average Bonchev–Trinajstić information content (AvgIpc) is 2.99. The number of nitrogens with one attached hydrogen (secondary N) is 3. The van der Waals surface area contributed by atoms with E-state index >= 15 is 0 Å². The third-order valence-electron chi connectivity index (χ3n) is 3.86. The van der Waals surface area contributed by atoms with Crippen LogP contribution in [-0.2, 0) is 0 Å². The number of imidazole rings is 1. The molecule has 6 heteroatoms. The number of nitrogens with zero attached hydrogens (tertiary/aromatic N) is 1. The van der Waals surface area contributed by atoms with E-state index in [0.717, 1.165) is 47.9 Å². The molecule has 1 aromatic carbocycles. The minimum atomic E-state index is 0.634. The number of hydrogen-bond donors (Lipinski definition) is 3. The summed E-state index contributed by atoms with van der Waals surface area (Å²) in [6.07, 6.45) is 0. The number of aromatic nitrogens is 2. The summed E-state index contributed by atoms with van der Waals surface area (Å²) < 4.78 is 0.634. The van der Waals surface area contributed by atoms with Gasteiger partial charge in [0.15, 0.2) is 4.77 Å². The van der Waals surface area contributed by atoms with Crippen LogP contribution in [0.4, 0.5) is 5.69 Å². The molecule has 2 aromatic rings. The van der Waals surface area contributed by atoms with Crippen LogP contribution in [0, 0.1) is 4.77 Å². The molecule has 3 N–H and O–H groups in total. The molecule has 98 valence electrons. The molecule has 19 heavy (non-hydrogen) atoms. The molecule has 3 heterocycles. The fourth-order valence-corrected chi connectivity index (χ4v) is 3.43. The topological polar surface area (TPSA) is 46.9 Å². The molecule has 0 aliphatic carbocycles. The largest absolute Gasteiger partial charge is 0.362 e. The van der Waals surface area contributed by atoms with Gasteiger partial charge in [0, 0.05) is 26.2 Å². The lowest BCUT2D eigenvalue weighted by atomic mass is 10.2. The number of fused-ring (bicyclic) bond motifs is 1. The summed E-state index contributed by atoms with van der Waals surface area (Å²) in [6.45, 7) is 3.97. The van der Waals surface area contributed by atoms with Crippen LogP contribution in [0.2, 0.25) is 5.02 Å². The van der Waals surface area contributed by atoms with E-state index < -0.39 is 0 Å². The maximum atomic E-state index is 6.41. The molecule has 2 aliphatic heterocycles. The summed E-state index contributed by atoms with van der Waals surface area (Å²) in [7, 11) is 0. The van der Waals surface area contributed by atoms with Gasteiger partial charge in [0.2, 0.25) is 0 Å². The van der Waals surface area contributed by atoms with Crippen LogP contribution in [-0.4, -0.2) is 36.1 Å². The lowest BCUT2D eigenvalue weighted by Crippen LogP contribution is -2.26. The minimum absolute atomic E-state index is 0.634. The molecule has 1 aromatic heterocycles. The van der Waals surface area contributed by atoms with Crippen molar-refractivity contribution in [3.8, 4) is 0 Å². The van der Waals surface area contributed by atoms with Crippen molar-refractivity contribution in [2.75, 3.05) is 31.1 Å². The summed E-state index contributed by atoms with van der Waals surface area (Å²) >= 11 is 11.5. The third-order valence-corrected chi connectivity index (χ3v) is 4.37. The molecule has 4 rings (SSSR count). The molecule has 0 amide bonds. The highest BCUT2D eigenvalue weighted by atomic mass is 35.5. The molecule has 0 radical (unpaired) electrons. The van der Waals surface area contributed by atoms with E-state index in [9.17, 15) is 0 Å². The van der Waals surface area contributed by atoms with Gasteiger partial charge in [-0.05, 0) is 35.5 Å². The Kier molecular flexibility index (Phi) is 2.48. The van der Waals surface area contributed by atoms with Crippen LogP contribution in [0.15, 0.2) is 23.3 Å². The summed E-state index contributed by atoms with van der Waals surface area (Å²) in [4.78, 5) is 8.57. The zero-order valence-corrected chi connectivity index (χ0v) is 11.8. The van der Waals surface area contributed by atoms with Crippen molar-refractivity contribution < 1.29 is 0 Å². The van der Waals surface area contributed by atoms with Crippen LogP contribution >= 0.6 is 23.8 Å². The van der Waals surface area contributed by atoms with E-state index in [-0.39, 0.29) is 0 Å². The minimum Gasteiger partial charge on any atom is -0.362 e. The average molecular weight is 293 g/mol. The third kappa shape index (κ3) is 1.81. The van der Waals surface area contributed by atoms with Crippen LogP contribution < -0.4 is 10.2 Å². The second-order valence-electron chi connectivity index (χ2n) is 5.10. The number of anilines is 1. The lowest BCUT2D eigenvalue weighted by Gasteiger charge is -2.21. The molecule has 0 saturated carbocycles. The van der Waals surface area contributed by atoms with E-state index in [0.29, 0.717) is 4.77 Å². The van der Waals surface area contributed by atoms with Gasteiger partial charge in [-0.2, -0.15) is 0 Å². The van der Waals surface area contributed by atoms with Gasteiger partial charge in [-0.1, -0.05) is 11.6 Å². The van der Waals surface area contributed by atoms with Gasteiger partial charge in [0.25, 0.3) is 0 Å². The summed E-state index contributed by atoms with van der Waals surface area (Å²) in [6, 6.07) is 4.03. The van der Waals surface area contributed by atoms with Crippen molar-refractivity contribution in [2.45, 2.75) is 0 Å². The molecule has 0 saturated heterocycles. The van der Waals surface area contributed by atoms with Crippen molar-refractivity contribution >= 4 is 40.5 Å². The molecule has 0 unspecified atom stereocenters. The van der Waals surface area contributed by atoms with Crippen LogP contribution in [0.3, 0.4) is 0 Å². The maximum Gasteiger partial charge on any atom is 0.175 e. The number of halogens is 1. The number of hydrogen-bond acceptors (Lipinski definition) is 3. The van der Waals surface area contributed by atoms with Gasteiger partial charge in [-0.25, -0.2) is 0 Å². The first kappa shape index (κ1) is 11.5. The van der Waals surface area contributed by atoms with E-state index in [1.807, 2.05) is 6.07 Å². The Balaban J connectivity index is 1.75. The highest BCUT2D eigenvalue weighted by molar-refractivity contribution is 7.71. The SMILES string of the molecule is S=c1[nH]c2cc(Cl)c(N3CC4=C(CNC4)C3)cc2[nH]1. The second-order valence-corrected chi connectivity index (χ2v) is 5.91. The number of rotatable bonds is 1. The Morgan fingerprint density at radius 2 is 1.68 bits per heavy atom. The molecule has 0 atom stereocenters. The van der Waals surface area contributed by atoms with Crippen molar-refractivity contribution in [3.63, 3.8) is 0 Å².